The lowest BCUT2D eigenvalue weighted by Crippen LogP contribution is -2.46. The third-order valence-electron chi connectivity index (χ3n) is 2.87. The SMILES string of the molecule is CN1CCC(Oc2ccccc2)(C(=O)O)C1. The van der Waals surface area contributed by atoms with E-state index >= 15 is 0 Å². The van der Waals surface area contributed by atoms with Crippen molar-refractivity contribution >= 4 is 5.97 Å². The zero-order valence-electron chi connectivity index (χ0n) is 9.22. The lowest BCUT2D eigenvalue weighted by atomic mass is 10.0. The minimum atomic E-state index is -1.09. The van der Waals surface area contributed by atoms with Crippen LogP contribution in [0.15, 0.2) is 30.3 Å². The molecule has 1 heterocycles. The Morgan fingerprint density at radius 1 is 1.44 bits per heavy atom. The molecule has 0 spiro atoms. The summed E-state index contributed by atoms with van der Waals surface area (Å²) in [6.45, 7) is 1.18. The summed E-state index contributed by atoms with van der Waals surface area (Å²) in [7, 11) is 1.90. The molecule has 0 saturated carbocycles. The zero-order chi connectivity index (χ0) is 11.6. The summed E-state index contributed by atoms with van der Waals surface area (Å²) in [6, 6.07) is 9.11. The molecule has 1 atom stereocenters. The number of rotatable bonds is 3. The standard InChI is InChI=1S/C12H15NO3/c1-13-8-7-12(9-13,11(14)15)16-10-5-3-2-4-6-10/h2-6H,7-9H2,1H3,(H,14,15). The fourth-order valence-corrected chi connectivity index (χ4v) is 1.98. The molecule has 4 nitrogen and oxygen atoms in total. The van der Waals surface area contributed by atoms with E-state index in [0.717, 1.165) is 6.54 Å². The molecule has 1 N–H and O–H groups in total. The molecule has 0 aromatic heterocycles. The van der Waals surface area contributed by atoms with Crippen LogP contribution in [-0.4, -0.2) is 41.7 Å². The van der Waals surface area contributed by atoms with Crippen LogP contribution in [-0.2, 0) is 4.79 Å². The van der Waals surface area contributed by atoms with Gasteiger partial charge in [-0.05, 0) is 19.2 Å². The van der Waals surface area contributed by atoms with Crippen molar-refractivity contribution in [3.05, 3.63) is 30.3 Å². The maximum atomic E-state index is 11.3. The van der Waals surface area contributed by atoms with Gasteiger partial charge in [-0.1, -0.05) is 18.2 Å². The summed E-state index contributed by atoms with van der Waals surface area (Å²) in [4.78, 5) is 13.3. The maximum Gasteiger partial charge on any atom is 0.349 e. The number of para-hydroxylation sites is 1. The Bertz CT molecular complexity index is 379. The van der Waals surface area contributed by atoms with Gasteiger partial charge in [0.15, 0.2) is 0 Å². The number of benzene rings is 1. The van der Waals surface area contributed by atoms with Crippen molar-refractivity contribution < 1.29 is 14.6 Å². The summed E-state index contributed by atoms with van der Waals surface area (Å²) >= 11 is 0. The van der Waals surface area contributed by atoms with E-state index in [0.29, 0.717) is 18.7 Å². The van der Waals surface area contributed by atoms with Crippen molar-refractivity contribution in [3.63, 3.8) is 0 Å². The summed E-state index contributed by atoms with van der Waals surface area (Å²) in [5, 5.41) is 9.29. The molecule has 0 aliphatic carbocycles. The van der Waals surface area contributed by atoms with Gasteiger partial charge >= 0.3 is 5.97 Å². The topological polar surface area (TPSA) is 49.8 Å². The second-order valence-corrected chi connectivity index (χ2v) is 4.20. The van der Waals surface area contributed by atoms with Gasteiger partial charge in [0.2, 0.25) is 5.60 Å². The van der Waals surface area contributed by atoms with E-state index in [1.807, 2.05) is 30.1 Å². The zero-order valence-corrected chi connectivity index (χ0v) is 9.22. The van der Waals surface area contributed by atoms with E-state index in [1.165, 1.54) is 0 Å². The maximum absolute atomic E-state index is 11.3. The van der Waals surface area contributed by atoms with Crippen molar-refractivity contribution in [2.75, 3.05) is 20.1 Å². The van der Waals surface area contributed by atoms with Crippen molar-refractivity contribution in [1.82, 2.24) is 4.90 Å². The number of carbonyl (C=O) groups is 1. The number of likely N-dealkylation sites (N-methyl/N-ethyl adjacent to an activating group) is 1. The lowest BCUT2D eigenvalue weighted by Gasteiger charge is -2.25. The molecule has 0 amide bonds. The number of hydrogen-bond acceptors (Lipinski definition) is 3. The van der Waals surface area contributed by atoms with Crippen LogP contribution in [0, 0.1) is 0 Å². The number of hydrogen-bond donors (Lipinski definition) is 1. The molecule has 1 unspecified atom stereocenters. The van der Waals surface area contributed by atoms with Gasteiger partial charge in [0.25, 0.3) is 0 Å². The highest BCUT2D eigenvalue weighted by atomic mass is 16.5. The fourth-order valence-electron chi connectivity index (χ4n) is 1.98. The van der Waals surface area contributed by atoms with E-state index in [9.17, 15) is 9.90 Å². The molecular formula is C12H15NO3. The molecule has 2 rings (SSSR count). The molecule has 16 heavy (non-hydrogen) atoms. The van der Waals surface area contributed by atoms with Crippen LogP contribution in [0.1, 0.15) is 6.42 Å². The first-order valence-electron chi connectivity index (χ1n) is 5.28. The fraction of sp³-hybridized carbons (Fsp3) is 0.417. The largest absolute Gasteiger partial charge is 0.478 e. The number of carboxylic acid groups (broad SMARTS) is 1. The Balaban J connectivity index is 2.19. The predicted molar refractivity (Wildman–Crippen MR) is 59.6 cm³/mol. The van der Waals surface area contributed by atoms with E-state index in [2.05, 4.69) is 0 Å². The quantitative estimate of drug-likeness (QED) is 0.834. The third-order valence-corrected chi connectivity index (χ3v) is 2.87. The molecule has 1 aliphatic heterocycles. The van der Waals surface area contributed by atoms with Crippen LogP contribution in [0.3, 0.4) is 0 Å². The van der Waals surface area contributed by atoms with Crippen LogP contribution in [0.25, 0.3) is 0 Å². The monoisotopic (exact) mass is 221 g/mol. The minimum absolute atomic E-state index is 0.428. The first-order valence-corrected chi connectivity index (χ1v) is 5.28. The Hall–Kier alpha value is -1.55. The van der Waals surface area contributed by atoms with Gasteiger partial charge in [0.05, 0.1) is 0 Å². The Kier molecular flexibility index (Phi) is 2.83. The van der Waals surface area contributed by atoms with Gasteiger partial charge in [-0.2, -0.15) is 0 Å². The number of aliphatic carboxylic acids is 1. The van der Waals surface area contributed by atoms with E-state index in [-0.39, 0.29) is 0 Å². The Morgan fingerprint density at radius 2 is 2.12 bits per heavy atom. The number of ether oxygens (including phenoxy) is 1. The molecule has 1 aromatic rings. The van der Waals surface area contributed by atoms with Gasteiger partial charge in [0.1, 0.15) is 5.75 Å². The van der Waals surface area contributed by atoms with E-state index in [4.69, 9.17) is 4.74 Å². The molecule has 1 aromatic carbocycles. The first-order chi connectivity index (χ1) is 7.62. The van der Waals surface area contributed by atoms with Crippen LogP contribution in [0.2, 0.25) is 0 Å². The molecule has 0 bridgehead atoms. The van der Waals surface area contributed by atoms with Crippen LogP contribution < -0.4 is 4.74 Å². The number of likely N-dealkylation sites (tertiary alicyclic amines) is 1. The minimum Gasteiger partial charge on any atom is -0.478 e. The first kappa shape index (κ1) is 11.0. The van der Waals surface area contributed by atoms with E-state index in [1.54, 1.807) is 12.1 Å². The van der Waals surface area contributed by atoms with Crippen molar-refractivity contribution in [1.29, 1.82) is 0 Å². The van der Waals surface area contributed by atoms with Gasteiger partial charge < -0.3 is 14.7 Å². The molecule has 0 radical (unpaired) electrons. The Labute approximate surface area is 94.4 Å². The van der Waals surface area contributed by atoms with Crippen molar-refractivity contribution in [3.8, 4) is 5.75 Å². The lowest BCUT2D eigenvalue weighted by molar-refractivity contribution is -0.154. The molecule has 4 heteroatoms. The summed E-state index contributed by atoms with van der Waals surface area (Å²) < 4.78 is 5.65. The van der Waals surface area contributed by atoms with Gasteiger partial charge in [-0.15, -0.1) is 0 Å². The normalized spacial score (nSPS) is 25.6. The van der Waals surface area contributed by atoms with Crippen LogP contribution in [0.5, 0.6) is 5.75 Å². The second-order valence-electron chi connectivity index (χ2n) is 4.20. The number of nitrogens with zero attached hydrogens (tertiary/aromatic N) is 1. The van der Waals surface area contributed by atoms with Gasteiger partial charge in [-0.3, -0.25) is 0 Å². The summed E-state index contributed by atoms with van der Waals surface area (Å²) in [6.07, 6.45) is 0.522. The summed E-state index contributed by atoms with van der Waals surface area (Å²) in [5.41, 5.74) is -1.09. The van der Waals surface area contributed by atoms with Crippen molar-refractivity contribution in [2.24, 2.45) is 0 Å². The van der Waals surface area contributed by atoms with Gasteiger partial charge in [0, 0.05) is 19.5 Å². The Morgan fingerprint density at radius 3 is 2.62 bits per heavy atom. The molecule has 86 valence electrons. The highest BCUT2D eigenvalue weighted by Gasteiger charge is 2.46. The van der Waals surface area contributed by atoms with Crippen LogP contribution >= 0.6 is 0 Å². The second kappa shape index (κ2) is 4.14. The summed E-state index contributed by atoms with van der Waals surface area (Å²) in [5.74, 6) is -0.277. The number of carboxylic acids is 1. The highest BCUT2D eigenvalue weighted by molar-refractivity contribution is 5.78. The predicted octanol–water partition coefficient (Wildman–Crippen LogP) is 1.22. The highest BCUT2D eigenvalue weighted by Crippen LogP contribution is 2.27. The van der Waals surface area contributed by atoms with Gasteiger partial charge in [-0.25, -0.2) is 4.79 Å². The smallest absolute Gasteiger partial charge is 0.349 e. The van der Waals surface area contributed by atoms with Crippen molar-refractivity contribution in [2.45, 2.75) is 12.0 Å². The molecule has 1 aliphatic rings. The molecular weight excluding hydrogens is 206 g/mol. The van der Waals surface area contributed by atoms with Crippen LogP contribution in [0.4, 0.5) is 0 Å². The average molecular weight is 221 g/mol. The molecule has 1 saturated heterocycles. The third kappa shape index (κ3) is 2.02. The van der Waals surface area contributed by atoms with E-state index < -0.39 is 11.6 Å². The average Bonchev–Trinajstić information content (AvgIpc) is 2.63. The molecule has 1 fully saturated rings.